The molecular weight excluding hydrogens is 218 g/mol. The van der Waals surface area contributed by atoms with E-state index in [1.54, 1.807) is 17.0 Å². The first-order valence-electron chi connectivity index (χ1n) is 5.62. The van der Waals surface area contributed by atoms with Crippen LogP contribution in [-0.2, 0) is 11.8 Å². The average molecular weight is 237 g/mol. The third-order valence-electron chi connectivity index (χ3n) is 2.59. The molecule has 1 aromatic heterocycles. The molecule has 2 N–H and O–H groups in total. The Kier molecular flexibility index (Phi) is 4.90. The molecule has 17 heavy (non-hydrogen) atoms. The van der Waals surface area contributed by atoms with Crippen molar-refractivity contribution in [2.45, 2.75) is 19.9 Å². The number of hydrogen-bond donors (Lipinski definition) is 2. The average Bonchev–Trinajstić information content (AvgIpc) is 2.68. The Hall–Kier alpha value is -1.62. The summed E-state index contributed by atoms with van der Waals surface area (Å²) in [7, 11) is 1.81. The van der Waals surface area contributed by atoms with Crippen molar-refractivity contribution < 1.29 is 9.90 Å². The van der Waals surface area contributed by atoms with E-state index in [1.165, 1.54) is 6.08 Å². The Morgan fingerprint density at radius 2 is 2.35 bits per heavy atom. The van der Waals surface area contributed by atoms with Crippen LogP contribution in [0.25, 0.3) is 6.08 Å². The van der Waals surface area contributed by atoms with Crippen LogP contribution in [0.3, 0.4) is 0 Å². The minimum atomic E-state index is -0.210. The van der Waals surface area contributed by atoms with Gasteiger partial charge in [0.05, 0.1) is 18.3 Å². The van der Waals surface area contributed by atoms with Crippen molar-refractivity contribution in [3.05, 3.63) is 24.0 Å². The number of nitrogens with one attached hydrogen (secondary N) is 1. The lowest BCUT2D eigenvalue weighted by Gasteiger charge is -2.18. The predicted molar refractivity (Wildman–Crippen MR) is 66.1 cm³/mol. The van der Waals surface area contributed by atoms with Crippen molar-refractivity contribution in [3.8, 4) is 0 Å². The van der Waals surface area contributed by atoms with Gasteiger partial charge in [0, 0.05) is 19.3 Å². The van der Waals surface area contributed by atoms with Crippen LogP contribution < -0.4 is 5.32 Å². The number of aryl methyl sites for hydroxylation is 1. The highest BCUT2D eigenvalue weighted by atomic mass is 16.3. The molecule has 0 spiro atoms. The van der Waals surface area contributed by atoms with Crippen LogP contribution in [0.2, 0.25) is 0 Å². The van der Waals surface area contributed by atoms with Crippen LogP contribution in [0.4, 0.5) is 0 Å². The number of amides is 1. The summed E-state index contributed by atoms with van der Waals surface area (Å²) in [6.07, 6.45) is 4.81. The van der Waals surface area contributed by atoms with E-state index in [1.807, 2.05) is 27.0 Å². The van der Waals surface area contributed by atoms with Gasteiger partial charge in [-0.05, 0) is 18.1 Å². The summed E-state index contributed by atoms with van der Waals surface area (Å²) in [5, 5.41) is 15.8. The maximum Gasteiger partial charge on any atom is 0.244 e. The van der Waals surface area contributed by atoms with Crippen LogP contribution in [0.5, 0.6) is 0 Å². The molecule has 1 aromatic rings. The standard InChI is InChI=1S/C12H19N3O2/c1-9(2)11(8-16)14-12(17)5-4-10-6-7-13-15(10)3/h4-7,9,11,16H,8H2,1-3H3,(H,14,17)/b5-4+. The second-order valence-corrected chi connectivity index (χ2v) is 4.25. The van der Waals surface area contributed by atoms with Crippen molar-refractivity contribution in [1.29, 1.82) is 0 Å². The SMILES string of the molecule is CC(C)C(CO)NC(=O)/C=C/c1ccnn1C. The van der Waals surface area contributed by atoms with Crippen molar-refractivity contribution >= 4 is 12.0 Å². The molecule has 1 heterocycles. The van der Waals surface area contributed by atoms with Gasteiger partial charge in [-0.3, -0.25) is 9.48 Å². The Bertz CT molecular complexity index is 396. The second kappa shape index (κ2) is 6.20. The monoisotopic (exact) mass is 237 g/mol. The highest BCUT2D eigenvalue weighted by Gasteiger charge is 2.13. The zero-order valence-electron chi connectivity index (χ0n) is 10.4. The number of aromatic nitrogens is 2. The summed E-state index contributed by atoms with van der Waals surface area (Å²) < 4.78 is 1.68. The largest absolute Gasteiger partial charge is 0.394 e. The van der Waals surface area contributed by atoms with E-state index in [-0.39, 0.29) is 24.5 Å². The number of nitrogens with zero attached hydrogens (tertiary/aromatic N) is 2. The van der Waals surface area contributed by atoms with Gasteiger partial charge >= 0.3 is 0 Å². The van der Waals surface area contributed by atoms with E-state index in [0.29, 0.717) is 0 Å². The molecule has 0 fully saturated rings. The van der Waals surface area contributed by atoms with Gasteiger partial charge in [-0.25, -0.2) is 0 Å². The van der Waals surface area contributed by atoms with Gasteiger partial charge in [-0.1, -0.05) is 13.8 Å². The van der Waals surface area contributed by atoms with Crippen LogP contribution in [0, 0.1) is 5.92 Å². The Morgan fingerprint density at radius 3 is 2.82 bits per heavy atom. The van der Waals surface area contributed by atoms with Crippen LogP contribution >= 0.6 is 0 Å². The van der Waals surface area contributed by atoms with Gasteiger partial charge in [-0.15, -0.1) is 0 Å². The number of aliphatic hydroxyl groups excluding tert-OH is 1. The number of hydrogen-bond acceptors (Lipinski definition) is 3. The molecular formula is C12H19N3O2. The molecule has 1 amide bonds. The summed E-state index contributed by atoms with van der Waals surface area (Å²) in [5.41, 5.74) is 0.852. The summed E-state index contributed by atoms with van der Waals surface area (Å²) >= 11 is 0. The zero-order chi connectivity index (χ0) is 12.8. The van der Waals surface area contributed by atoms with Gasteiger partial charge in [0.25, 0.3) is 0 Å². The minimum absolute atomic E-state index is 0.0526. The first-order chi connectivity index (χ1) is 8.04. The topological polar surface area (TPSA) is 67.2 Å². The molecule has 0 radical (unpaired) electrons. The van der Waals surface area contributed by atoms with Crippen LogP contribution in [0.15, 0.2) is 18.3 Å². The first kappa shape index (κ1) is 13.4. The fourth-order valence-corrected chi connectivity index (χ4v) is 1.36. The third-order valence-corrected chi connectivity index (χ3v) is 2.59. The van der Waals surface area contributed by atoms with E-state index in [0.717, 1.165) is 5.69 Å². The van der Waals surface area contributed by atoms with Crippen LogP contribution in [-0.4, -0.2) is 33.4 Å². The summed E-state index contributed by atoms with van der Waals surface area (Å²) in [6.45, 7) is 3.85. The van der Waals surface area contributed by atoms with Crippen molar-refractivity contribution in [3.63, 3.8) is 0 Å². The smallest absolute Gasteiger partial charge is 0.244 e. The minimum Gasteiger partial charge on any atom is -0.394 e. The van der Waals surface area contributed by atoms with E-state index in [4.69, 9.17) is 5.11 Å². The maximum absolute atomic E-state index is 11.6. The predicted octanol–water partition coefficient (Wildman–Crippen LogP) is 0.566. The van der Waals surface area contributed by atoms with E-state index >= 15 is 0 Å². The number of carbonyl (C=O) groups is 1. The van der Waals surface area contributed by atoms with Crippen molar-refractivity contribution in [2.75, 3.05) is 6.61 Å². The molecule has 5 heteroatoms. The van der Waals surface area contributed by atoms with Crippen molar-refractivity contribution in [2.24, 2.45) is 13.0 Å². The summed E-state index contributed by atoms with van der Waals surface area (Å²) in [6, 6.07) is 1.61. The van der Waals surface area contributed by atoms with E-state index in [2.05, 4.69) is 10.4 Å². The molecule has 1 atom stereocenters. The molecule has 94 valence electrons. The summed E-state index contributed by atoms with van der Waals surface area (Å²) in [4.78, 5) is 11.6. The number of rotatable bonds is 5. The van der Waals surface area contributed by atoms with Crippen LogP contribution in [0.1, 0.15) is 19.5 Å². The highest BCUT2D eigenvalue weighted by molar-refractivity contribution is 5.91. The molecule has 0 aliphatic heterocycles. The third kappa shape index (κ3) is 4.03. The molecule has 0 aliphatic rings. The quantitative estimate of drug-likeness (QED) is 0.736. The molecule has 0 saturated heterocycles. The van der Waals surface area contributed by atoms with E-state index < -0.39 is 0 Å². The Balaban J connectivity index is 2.55. The molecule has 0 aliphatic carbocycles. The molecule has 0 bridgehead atoms. The van der Waals surface area contributed by atoms with Gasteiger partial charge in [0.1, 0.15) is 0 Å². The summed E-state index contributed by atoms with van der Waals surface area (Å²) in [5.74, 6) is -0.00648. The lowest BCUT2D eigenvalue weighted by molar-refractivity contribution is -0.117. The molecule has 1 rings (SSSR count). The second-order valence-electron chi connectivity index (χ2n) is 4.25. The maximum atomic E-state index is 11.6. The fourth-order valence-electron chi connectivity index (χ4n) is 1.36. The molecule has 0 aromatic carbocycles. The normalized spacial score (nSPS) is 13.2. The van der Waals surface area contributed by atoms with Gasteiger partial charge in [-0.2, -0.15) is 5.10 Å². The number of aliphatic hydroxyl groups is 1. The lowest BCUT2D eigenvalue weighted by Crippen LogP contribution is -2.40. The van der Waals surface area contributed by atoms with Gasteiger partial charge in [0.15, 0.2) is 0 Å². The highest BCUT2D eigenvalue weighted by Crippen LogP contribution is 2.02. The van der Waals surface area contributed by atoms with Crippen molar-refractivity contribution in [1.82, 2.24) is 15.1 Å². The molecule has 0 saturated carbocycles. The Labute approximate surface area is 101 Å². The fraction of sp³-hybridized carbons (Fsp3) is 0.500. The van der Waals surface area contributed by atoms with Gasteiger partial charge in [0.2, 0.25) is 5.91 Å². The van der Waals surface area contributed by atoms with E-state index in [9.17, 15) is 4.79 Å². The van der Waals surface area contributed by atoms with Gasteiger partial charge < -0.3 is 10.4 Å². The Morgan fingerprint density at radius 1 is 1.65 bits per heavy atom. The zero-order valence-corrected chi connectivity index (χ0v) is 10.4. The lowest BCUT2D eigenvalue weighted by atomic mass is 10.1. The molecule has 5 nitrogen and oxygen atoms in total. The molecule has 1 unspecified atom stereocenters. The first-order valence-corrected chi connectivity index (χ1v) is 5.62. The number of carbonyl (C=O) groups excluding carboxylic acids is 1.